The van der Waals surface area contributed by atoms with E-state index in [9.17, 15) is 4.79 Å². The summed E-state index contributed by atoms with van der Waals surface area (Å²) in [6.45, 7) is 7.91. The molecule has 6 heteroatoms. The molecule has 0 radical (unpaired) electrons. The molecule has 1 heterocycles. The largest absolute Gasteiger partial charge is 0.358 e. The Morgan fingerprint density at radius 3 is 2.43 bits per heavy atom. The van der Waals surface area contributed by atoms with Crippen LogP contribution in [0.15, 0.2) is 24.3 Å². The minimum Gasteiger partial charge on any atom is -0.358 e. The zero-order valence-corrected chi connectivity index (χ0v) is 15.0. The third kappa shape index (κ3) is 5.08. The van der Waals surface area contributed by atoms with Crippen molar-refractivity contribution in [3.63, 3.8) is 0 Å². The number of halogens is 1. The number of nitrogens with zero attached hydrogens (tertiary/aromatic N) is 2. The molecule has 1 amide bonds. The van der Waals surface area contributed by atoms with E-state index in [1.54, 1.807) is 7.05 Å². The number of likely N-dealkylation sites (N-methyl/N-ethyl adjacent to an activating group) is 1. The van der Waals surface area contributed by atoms with Crippen LogP contribution in [0.25, 0.3) is 0 Å². The molecule has 1 aromatic carbocycles. The first-order valence-electron chi connectivity index (χ1n) is 7.51. The summed E-state index contributed by atoms with van der Waals surface area (Å²) < 4.78 is 2.02. The first kappa shape index (κ1) is 19.2. The topological polar surface area (TPSA) is 59.0 Å². The number of carbonyl (C=O) groups is 1. The lowest BCUT2D eigenvalue weighted by Gasteiger charge is -2.07. The van der Waals surface area contributed by atoms with E-state index < -0.39 is 0 Å². The van der Waals surface area contributed by atoms with Gasteiger partial charge in [0.15, 0.2) is 0 Å². The molecule has 0 fully saturated rings. The first-order chi connectivity index (χ1) is 10.5. The Bertz CT molecular complexity index is 649. The van der Waals surface area contributed by atoms with Crippen molar-refractivity contribution in [1.82, 2.24) is 20.4 Å². The van der Waals surface area contributed by atoms with E-state index in [0.717, 1.165) is 23.5 Å². The van der Waals surface area contributed by atoms with Crippen LogP contribution in [0.1, 0.15) is 28.1 Å². The highest BCUT2D eigenvalue weighted by Gasteiger charge is 2.11. The maximum absolute atomic E-state index is 11.3. The van der Waals surface area contributed by atoms with Crippen LogP contribution in [-0.4, -0.2) is 29.3 Å². The van der Waals surface area contributed by atoms with Gasteiger partial charge in [0.25, 0.3) is 0 Å². The summed E-state index contributed by atoms with van der Waals surface area (Å²) >= 11 is 0. The van der Waals surface area contributed by atoms with E-state index in [1.807, 2.05) is 11.6 Å². The average molecular weight is 337 g/mol. The fraction of sp³-hybridized carbons (Fsp3) is 0.412. The number of amides is 1. The summed E-state index contributed by atoms with van der Waals surface area (Å²) in [7, 11) is 1.64. The van der Waals surface area contributed by atoms with Gasteiger partial charge in [0.05, 0.1) is 18.8 Å². The van der Waals surface area contributed by atoms with E-state index in [4.69, 9.17) is 0 Å². The van der Waals surface area contributed by atoms with Crippen molar-refractivity contribution in [2.45, 2.75) is 33.9 Å². The molecule has 2 N–H and O–H groups in total. The molecule has 126 valence electrons. The van der Waals surface area contributed by atoms with Crippen LogP contribution >= 0.6 is 12.4 Å². The van der Waals surface area contributed by atoms with Crippen molar-refractivity contribution < 1.29 is 4.79 Å². The molecule has 0 bridgehead atoms. The van der Waals surface area contributed by atoms with Gasteiger partial charge in [-0.1, -0.05) is 29.8 Å². The van der Waals surface area contributed by atoms with Crippen molar-refractivity contribution in [3.05, 3.63) is 52.3 Å². The monoisotopic (exact) mass is 336 g/mol. The molecule has 1 aromatic heterocycles. The van der Waals surface area contributed by atoms with E-state index >= 15 is 0 Å². The Morgan fingerprint density at radius 2 is 1.83 bits per heavy atom. The fourth-order valence-corrected chi connectivity index (χ4v) is 2.40. The van der Waals surface area contributed by atoms with Crippen molar-refractivity contribution in [3.8, 4) is 0 Å². The van der Waals surface area contributed by atoms with Crippen molar-refractivity contribution in [1.29, 1.82) is 0 Å². The molecule has 0 spiro atoms. The summed E-state index contributed by atoms with van der Waals surface area (Å²) in [5.41, 5.74) is 5.81. The molecule has 0 saturated carbocycles. The van der Waals surface area contributed by atoms with Crippen LogP contribution in [0.4, 0.5) is 0 Å². The molecule has 0 aliphatic carbocycles. The highest BCUT2D eigenvalue weighted by atomic mass is 35.5. The predicted molar refractivity (Wildman–Crippen MR) is 95.0 cm³/mol. The zero-order chi connectivity index (χ0) is 16.1. The molecule has 2 rings (SSSR count). The quantitative estimate of drug-likeness (QED) is 0.849. The Kier molecular flexibility index (Phi) is 7.26. The molecule has 0 atom stereocenters. The fourth-order valence-electron chi connectivity index (χ4n) is 2.40. The van der Waals surface area contributed by atoms with Crippen LogP contribution < -0.4 is 10.6 Å². The third-order valence-corrected chi connectivity index (χ3v) is 3.85. The van der Waals surface area contributed by atoms with E-state index in [2.05, 4.69) is 53.8 Å². The second-order valence-electron chi connectivity index (χ2n) is 5.57. The molecular formula is C17H25ClN4O. The van der Waals surface area contributed by atoms with Gasteiger partial charge in [0, 0.05) is 24.8 Å². The summed E-state index contributed by atoms with van der Waals surface area (Å²) in [6, 6.07) is 8.50. The molecule has 0 aliphatic heterocycles. The molecule has 0 saturated heterocycles. The average Bonchev–Trinajstić information content (AvgIpc) is 2.76. The Labute approximate surface area is 143 Å². The SMILES string of the molecule is CNC(=O)CNCc1c(C)nn(Cc2ccc(C)cc2)c1C.Cl. The Balaban J connectivity index is 0.00000264. The smallest absolute Gasteiger partial charge is 0.233 e. The minimum absolute atomic E-state index is 0. The van der Waals surface area contributed by atoms with Gasteiger partial charge in [-0.05, 0) is 26.3 Å². The molecule has 23 heavy (non-hydrogen) atoms. The Morgan fingerprint density at radius 1 is 1.17 bits per heavy atom. The van der Waals surface area contributed by atoms with E-state index in [-0.39, 0.29) is 18.3 Å². The van der Waals surface area contributed by atoms with Crippen molar-refractivity contribution >= 4 is 18.3 Å². The van der Waals surface area contributed by atoms with Gasteiger partial charge >= 0.3 is 0 Å². The molecule has 5 nitrogen and oxygen atoms in total. The number of aryl methyl sites for hydroxylation is 2. The van der Waals surface area contributed by atoms with Crippen molar-refractivity contribution in [2.75, 3.05) is 13.6 Å². The van der Waals surface area contributed by atoms with E-state index in [1.165, 1.54) is 11.1 Å². The highest BCUT2D eigenvalue weighted by molar-refractivity contribution is 5.85. The normalized spacial score (nSPS) is 10.3. The number of benzene rings is 1. The van der Waals surface area contributed by atoms with Gasteiger partial charge in [0.2, 0.25) is 5.91 Å². The number of nitrogens with one attached hydrogen (secondary N) is 2. The lowest BCUT2D eigenvalue weighted by atomic mass is 10.1. The van der Waals surface area contributed by atoms with Crippen LogP contribution in [-0.2, 0) is 17.9 Å². The van der Waals surface area contributed by atoms with Gasteiger partial charge in [-0.2, -0.15) is 5.10 Å². The van der Waals surface area contributed by atoms with Gasteiger partial charge in [-0.15, -0.1) is 12.4 Å². The summed E-state index contributed by atoms with van der Waals surface area (Å²) in [5.74, 6) is -0.0117. The first-order valence-corrected chi connectivity index (χ1v) is 7.51. The van der Waals surface area contributed by atoms with Gasteiger partial charge < -0.3 is 10.6 Å². The highest BCUT2D eigenvalue weighted by Crippen LogP contribution is 2.15. The van der Waals surface area contributed by atoms with Crippen LogP contribution in [0.3, 0.4) is 0 Å². The number of aromatic nitrogens is 2. The Hall–Kier alpha value is -1.85. The van der Waals surface area contributed by atoms with Crippen LogP contribution in [0.5, 0.6) is 0 Å². The molecular weight excluding hydrogens is 312 g/mol. The summed E-state index contributed by atoms with van der Waals surface area (Å²) in [6.07, 6.45) is 0. The van der Waals surface area contributed by atoms with Gasteiger partial charge in [-0.25, -0.2) is 0 Å². The standard InChI is InChI=1S/C17H24N4O.ClH/c1-12-5-7-15(8-6-12)11-21-14(3)16(13(2)20-21)9-19-10-17(22)18-4;/h5-8,19H,9-11H2,1-4H3,(H,18,22);1H. The van der Waals surface area contributed by atoms with Crippen LogP contribution in [0, 0.1) is 20.8 Å². The lowest BCUT2D eigenvalue weighted by Crippen LogP contribution is -2.31. The molecule has 0 unspecified atom stereocenters. The minimum atomic E-state index is -0.0117. The van der Waals surface area contributed by atoms with Gasteiger partial charge in [-0.3, -0.25) is 9.48 Å². The summed E-state index contributed by atoms with van der Waals surface area (Å²) in [5, 5.41) is 10.4. The van der Waals surface area contributed by atoms with Crippen LogP contribution in [0.2, 0.25) is 0 Å². The molecule has 2 aromatic rings. The third-order valence-electron chi connectivity index (χ3n) is 3.85. The lowest BCUT2D eigenvalue weighted by molar-refractivity contribution is -0.119. The number of hydrogen-bond acceptors (Lipinski definition) is 3. The zero-order valence-electron chi connectivity index (χ0n) is 14.1. The number of carbonyl (C=O) groups excluding carboxylic acids is 1. The summed E-state index contributed by atoms with van der Waals surface area (Å²) in [4.78, 5) is 11.3. The second kappa shape index (κ2) is 8.70. The second-order valence-corrected chi connectivity index (χ2v) is 5.57. The van der Waals surface area contributed by atoms with Crippen molar-refractivity contribution in [2.24, 2.45) is 0 Å². The maximum Gasteiger partial charge on any atom is 0.233 e. The van der Waals surface area contributed by atoms with E-state index in [0.29, 0.717) is 13.1 Å². The number of rotatable bonds is 6. The number of hydrogen-bond donors (Lipinski definition) is 2. The van der Waals surface area contributed by atoms with Gasteiger partial charge in [0.1, 0.15) is 0 Å². The maximum atomic E-state index is 11.3. The molecule has 0 aliphatic rings. The predicted octanol–water partition coefficient (Wildman–Crippen LogP) is 2.11.